The molecule has 0 spiro atoms. The molecule has 0 aliphatic rings. The van der Waals surface area contributed by atoms with E-state index in [9.17, 15) is 4.79 Å². The first-order valence-electron chi connectivity index (χ1n) is 9.77. The Kier molecular flexibility index (Phi) is 16.4. The van der Waals surface area contributed by atoms with Crippen molar-refractivity contribution < 1.29 is 9.53 Å². The van der Waals surface area contributed by atoms with Crippen LogP contribution in [0, 0.1) is 5.92 Å². The molecular weight excluding hydrogens is 272 g/mol. The fourth-order valence-corrected chi connectivity index (χ4v) is 2.94. The number of unbranched alkanes of at least 4 members (excludes halogenated alkanes) is 11. The molecule has 0 fully saturated rings. The molecule has 0 saturated heterocycles. The van der Waals surface area contributed by atoms with E-state index >= 15 is 0 Å². The first kappa shape index (κ1) is 21.5. The van der Waals surface area contributed by atoms with Crippen LogP contribution in [0.25, 0.3) is 0 Å². The predicted molar refractivity (Wildman–Crippen MR) is 96.1 cm³/mol. The Labute approximate surface area is 139 Å². The highest BCUT2D eigenvalue weighted by Gasteiger charge is 2.06. The summed E-state index contributed by atoms with van der Waals surface area (Å²) in [5.74, 6) is 0.587. The summed E-state index contributed by atoms with van der Waals surface area (Å²) in [6, 6.07) is 0. The van der Waals surface area contributed by atoms with Crippen molar-refractivity contribution in [2.45, 2.75) is 110 Å². The van der Waals surface area contributed by atoms with Gasteiger partial charge in [0.15, 0.2) is 0 Å². The van der Waals surface area contributed by atoms with Crippen LogP contribution < -0.4 is 0 Å². The number of hydrogen-bond acceptors (Lipinski definition) is 2. The Morgan fingerprint density at radius 3 is 1.68 bits per heavy atom. The number of carbonyl (C=O) groups excluding carboxylic acids is 1. The van der Waals surface area contributed by atoms with Crippen LogP contribution in [0.1, 0.15) is 110 Å². The smallest absolute Gasteiger partial charge is 0.305 e. The zero-order valence-corrected chi connectivity index (χ0v) is 15.5. The summed E-state index contributed by atoms with van der Waals surface area (Å²) >= 11 is 0. The number of esters is 1. The molecule has 0 aromatic heterocycles. The van der Waals surface area contributed by atoms with Crippen LogP contribution in [0.5, 0.6) is 0 Å². The molecule has 0 aromatic carbocycles. The molecule has 22 heavy (non-hydrogen) atoms. The van der Waals surface area contributed by atoms with E-state index in [4.69, 9.17) is 0 Å². The van der Waals surface area contributed by atoms with Crippen LogP contribution in [0.3, 0.4) is 0 Å². The lowest BCUT2D eigenvalue weighted by Crippen LogP contribution is -2.04. The average Bonchev–Trinajstić information content (AvgIpc) is 2.53. The van der Waals surface area contributed by atoms with Gasteiger partial charge in [-0.1, -0.05) is 97.3 Å². The average molecular weight is 313 g/mol. The number of methoxy groups -OCH3 is 1. The van der Waals surface area contributed by atoms with Crippen molar-refractivity contribution in [2.24, 2.45) is 5.92 Å². The highest BCUT2D eigenvalue weighted by atomic mass is 16.5. The second-order valence-corrected chi connectivity index (χ2v) is 6.90. The largest absolute Gasteiger partial charge is 0.469 e. The van der Waals surface area contributed by atoms with E-state index in [0.717, 1.165) is 6.42 Å². The molecule has 132 valence electrons. The molecule has 0 N–H and O–H groups in total. The van der Waals surface area contributed by atoms with Gasteiger partial charge >= 0.3 is 5.97 Å². The standard InChI is InChI=1S/C20H40O2/c1-4-5-6-7-8-9-10-11-12-13-14-15-16-19(2)17-18-20(21)22-3/h19H,4-18H2,1-3H3. The lowest BCUT2D eigenvalue weighted by atomic mass is 9.97. The number of hydrogen-bond donors (Lipinski definition) is 0. The van der Waals surface area contributed by atoms with Gasteiger partial charge in [0.1, 0.15) is 0 Å². The molecule has 2 heteroatoms. The maximum absolute atomic E-state index is 11.1. The Hall–Kier alpha value is -0.530. The molecular formula is C20H40O2. The van der Waals surface area contributed by atoms with E-state index in [1.54, 1.807) is 0 Å². The van der Waals surface area contributed by atoms with Gasteiger partial charge in [-0.25, -0.2) is 0 Å². The molecule has 1 atom stereocenters. The summed E-state index contributed by atoms with van der Waals surface area (Å²) in [6.45, 7) is 4.53. The Morgan fingerprint density at radius 1 is 0.773 bits per heavy atom. The van der Waals surface area contributed by atoms with Crippen LogP contribution in [0.15, 0.2) is 0 Å². The maximum atomic E-state index is 11.1. The molecule has 1 unspecified atom stereocenters. The first-order chi connectivity index (χ1) is 10.7. The monoisotopic (exact) mass is 312 g/mol. The first-order valence-corrected chi connectivity index (χ1v) is 9.77. The predicted octanol–water partition coefficient (Wildman–Crippen LogP) is 6.67. The molecule has 0 aromatic rings. The highest BCUT2D eigenvalue weighted by molar-refractivity contribution is 5.69. The SMILES string of the molecule is CCCCCCCCCCCCCCC(C)CCC(=O)OC. The zero-order valence-electron chi connectivity index (χ0n) is 15.5. The minimum Gasteiger partial charge on any atom is -0.469 e. The maximum Gasteiger partial charge on any atom is 0.305 e. The van der Waals surface area contributed by atoms with Crippen molar-refractivity contribution in [3.05, 3.63) is 0 Å². The van der Waals surface area contributed by atoms with Crippen molar-refractivity contribution in [1.29, 1.82) is 0 Å². The fourth-order valence-electron chi connectivity index (χ4n) is 2.94. The normalized spacial score (nSPS) is 12.3. The van der Waals surface area contributed by atoms with Gasteiger partial charge in [0.25, 0.3) is 0 Å². The Morgan fingerprint density at radius 2 is 1.23 bits per heavy atom. The summed E-state index contributed by atoms with van der Waals surface area (Å²) in [6.07, 6.45) is 19.7. The number of carbonyl (C=O) groups is 1. The van der Waals surface area contributed by atoms with Gasteiger partial charge in [0.05, 0.1) is 7.11 Å². The van der Waals surface area contributed by atoms with Gasteiger partial charge in [-0.05, 0) is 12.3 Å². The summed E-state index contributed by atoms with van der Waals surface area (Å²) in [7, 11) is 1.47. The second-order valence-electron chi connectivity index (χ2n) is 6.90. The molecule has 0 aliphatic heterocycles. The van der Waals surface area contributed by atoms with Crippen LogP contribution in [0.4, 0.5) is 0 Å². The third-order valence-corrected chi connectivity index (χ3v) is 4.62. The zero-order chi connectivity index (χ0) is 16.5. The quantitative estimate of drug-likeness (QED) is 0.235. The van der Waals surface area contributed by atoms with Gasteiger partial charge in [0, 0.05) is 6.42 Å². The van der Waals surface area contributed by atoms with E-state index in [0.29, 0.717) is 12.3 Å². The highest BCUT2D eigenvalue weighted by Crippen LogP contribution is 2.17. The Bertz CT molecular complexity index is 238. The fraction of sp³-hybridized carbons (Fsp3) is 0.950. The molecule has 0 radical (unpaired) electrons. The van der Waals surface area contributed by atoms with E-state index in [1.807, 2.05) is 0 Å². The van der Waals surface area contributed by atoms with Crippen molar-refractivity contribution in [3.8, 4) is 0 Å². The van der Waals surface area contributed by atoms with E-state index < -0.39 is 0 Å². The van der Waals surface area contributed by atoms with Gasteiger partial charge in [-0.15, -0.1) is 0 Å². The van der Waals surface area contributed by atoms with Crippen LogP contribution in [-0.2, 0) is 9.53 Å². The van der Waals surface area contributed by atoms with Gasteiger partial charge in [0.2, 0.25) is 0 Å². The summed E-state index contributed by atoms with van der Waals surface area (Å²) in [4.78, 5) is 11.1. The molecule has 0 amide bonds. The number of rotatable bonds is 16. The van der Waals surface area contributed by atoms with Crippen molar-refractivity contribution in [3.63, 3.8) is 0 Å². The second kappa shape index (κ2) is 16.8. The number of ether oxygens (including phenoxy) is 1. The van der Waals surface area contributed by atoms with Crippen LogP contribution in [0.2, 0.25) is 0 Å². The molecule has 0 heterocycles. The van der Waals surface area contributed by atoms with Crippen molar-refractivity contribution in [1.82, 2.24) is 0 Å². The summed E-state index contributed by atoms with van der Waals surface area (Å²) < 4.78 is 4.68. The molecule has 0 saturated carbocycles. The summed E-state index contributed by atoms with van der Waals surface area (Å²) in [5, 5.41) is 0. The molecule has 2 nitrogen and oxygen atoms in total. The van der Waals surface area contributed by atoms with Crippen LogP contribution in [-0.4, -0.2) is 13.1 Å². The lowest BCUT2D eigenvalue weighted by Gasteiger charge is -2.10. The topological polar surface area (TPSA) is 26.3 Å². The van der Waals surface area contributed by atoms with E-state index in [-0.39, 0.29) is 5.97 Å². The van der Waals surface area contributed by atoms with Crippen molar-refractivity contribution in [2.75, 3.05) is 7.11 Å². The third kappa shape index (κ3) is 15.9. The van der Waals surface area contributed by atoms with E-state index in [1.165, 1.54) is 90.6 Å². The summed E-state index contributed by atoms with van der Waals surface area (Å²) in [5.41, 5.74) is 0. The van der Waals surface area contributed by atoms with Gasteiger partial charge in [-0.3, -0.25) is 4.79 Å². The molecule has 0 bridgehead atoms. The minimum atomic E-state index is -0.0680. The third-order valence-electron chi connectivity index (χ3n) is 4.62. The molecule has 0 aliphatic carbocycles. The molecule has 0 rings (SSSR count). The van der Waals surface area contributed by atoms with E-state index in [2.05, 4.69) is 18.6 Å². The van der Waals surface area contributed by atoms with Gasteiger partial charge in [-0.2, -0.15) is 0 Å². The Balaban J connectivity index is 3.15. The van der Waals surface area contributed by atoms with Gasteiger partial charge < -0.3 is 4.74 Å². The van der Waals surface area contributed by atoms with Crippen LogP contribution >= 0.6 is 0 Å². The van der Waals surface area contributed by atoms with Crippen molar-refractivity contribution >= 4 is 5.97 Å². The lowest BCUT2D eigenvalue weighted by molar-refractivity contribution is -0.140. The minimum absolute atomic E-state index is 0.0680.